The SMILES string of the molecule is CCCCCCCCCCCCCCCCCC(=O)O.CCCCCCCCCCCCCCCCCC(=O)O.CCCCCCCCCCCCCCCCCC(=O)O.COC1O[C@H](CO)[C@@H](O)[C@H](O)[C@H]1O.COC1O[C@H](CO)[C@@H](O)[C@H](O)[C@H]1O. The molecular weight excluding hydrogens is 1100 g/mol. The lowest BCUT2D eigenvalue weighted by Crippen LogP contribution is -2.58. The predicted molar refractivity (Wildman–Crippen MR) is 343 cm³/mol. The van der Waals surface area contributed by atoms with Crippen molar-refractivity contribution in [2.75, 3.05) is 27.4 Å². The highest BCUT2D eigenvalue weighted by Gasteiger charge is 2.44. The van der Waals surface area contributed by atoms with Crippen molar-refractivity contribution >= 4 is 17.9 Å². The van der Waals surface area contributed by atoms with Gasteiger partial charge in [-0.2, -0.15) is 0 Å². The van der Waals surface area contributed by atoms with E-state index in [1.54, 1.807) is 0 Å². The summed E-state index contributed by atoms with van der Waals surface area (Å²) in [5.74, 6) is -1.96. The van der Waals surface area contributed by atoms with Gasteiger partial charge in [0, 0.05) is 33.5 Å². The van der Waals surface area contributed by atoms with Crippen molar-refractivity contribution < 1.29 is 89.5 Å². The van der Waals surface area contributed by atoms with Crippen molar-refractivity contribution in [3.05, 3.63) is 0 Å². The summed E-state index contributed by atoms with van der Waals surface area (Å²) in [4.78, 5) is 31.0. The van der Waals surface area contributed by atoms with Gasteiger partial charge in [0.2, 0.25) is 0 Å². The lowest BCUT2D eigenvalue weighted by atomic mass is 9.99. The van der Waals surface area contributed by atoms with Crippen LogP contribution in [0.1, 0.15) is 329 Å². The molecule has 0 spiro atoms. The average molecular weight is 1240 g/mol. The van der Waals surface area contributed by atoms with E-state index in [1.165, 1.54) is 265 Å². The Bertz CT molecular complexity index is 1230. The fourth-order valence-corrected chi connectivity index (χ4v) is 10.5. The molecule has 10 atom stereocenters. The minimum atomic E-state index is -1.36. The molecule has 2 heterocycles. The number of hydrogen-bond donors (Lipinski definition) is 11. The number of unbranched alkanes of at least 4 members (excludes halogenated alkanes) is 42. The van der Waals surface area contributed by atoms with Crippen LogP contribution in [0.25, 0.3) is 0 Å². The Morgan fingerprint density at radius 3 is 0.581 bits per heavy atom. The van der Waals surface area contributed by atoms with E-state index in [-0.39, 0.29) is 0 Å². The Balaban J connectivity index is -0.00000101. The van der Waals surface area contributed by atoms with Crippen molar-refractivity contribution in [3.63, 3.8) is 0 Å². The first kappa shape index (κ1) is 88.1. The summed E-state index contributed by atoms with van der Waals surface area (Å²) in [6.45, 7) is 5.93. The summed E-state index contributed by atoms with van der Waals surface area (Å²) in [5.41, 5.74) is 0. The highest BCUT2D eigenvalue weighted by molar-refractivity contribution is 5.67. The van der Waals surface area contributed by atoms with Crippen LogP contribution in [-0.2, 0) is 33.3 Å². The molecule has 2 unspecified atom stereocenters. The maximum absolute atomic E-state index is 10.3. The van der Waals surface area contributed by atoms with Crippen molar-refractivity contribution in [2.24, 2.45) is 0 Å². The number of hydrogen-bond acceptors (Lipinski definition) is 15. The van der Waals surface area contributed by atoms with Crippen LogP contribution in [0.2, 0.25) is 0 Å². The number of aliphatic carboxylic acids is 3. The summed E-state index contributed by atoms with van der Waals surface area (Å²) >= 11 is 0. The van der Waals surface area contributed by atoms with Crippen LogP contribution in [0.5, 0.6) is 0 Å². The maximum atomic E-state index is 10.3. The van der Waals surface area contributed by atoms with Crippen LogP contribution in [0.15, 0.2) is 0 Å². The smallest absolute Gasteiger partial charge is 0.303 e. The maximum Gasteiger partial charge on any atom is 0.303 e. The lowest BCUT2D eigenvalue weighted by molar-refractivity contribution is -0.294. The molecule has 0 radical (unpaired) electrons. The van der Waals surface area contributed by atoms with Gasteiger partial charge in [-0.1, -0.05) is 290 Å². The van der Waals surface area contributed by atoms with Crippen LogP contribution < -0.4 is 0 Å². The molecule has 2 saturated heterocycles. The third-order valence-electron chi connectivity index (χ3n) is 16.1. The van der Waals surface area contributed by atoms with Gasteiger partial charge in [0.1, 0.15) is 48.8 Å². The number of carboxylic acids is 3. The van der Waals surface area contributed by atoms with Crippen molar-refractivity contribution in [2.45, 2.75) is 390 Å². The van der Waals surface area contributed by atoms with Gasteiger partial charge < -0.3 is 75.1 Å². The first-order chi connectivity index (χ1) is 41.5. The monoisotopic (exact) mass is 1240 g/mol. The Kier molecular flexibility index (Phi) is 69.0. The van der Waals surface area contributed by atoms with E-state index >= 15 is 0 Å². The zero-order chi connectivity index (χ0) is 64.7. The van der Waals surface area contributed by atoms with Gasteiger partial charge in [-0.25, -0.2) is 0 Å². The van der Waals surface area contributed by atoms with E-state index in [4.69, 9.17) is 44.5 Å². The average Bonchev–Trinajstić information content (AvgIpc) is 2.34. The molecule has 2 aliphatic rings. The number of methoxy groups -OCH3 is 2. The third-order valence-corrected chi connectivity index (χ3v) is 16.1. The van der Waals surface area contributed by atoms with E-state index < -0.39 is 92.5 Å². The highest BCUT2D eigenvalue weighted by Crippen LogP contribution is 2.23. The second kappa shape index (κ2) is 67.3. The molecule has 2 fully saturated rings. The molecule has 0 aromatic carbocycles. The number of rotatable bonds is 52. The highest BCUT2D eigenvalue weighted by atomic mass is 16.7. The second-order valence-corrected chi connectivity index (χ2v) is 24.1. The van der Waals surface area contributed by atoms with Gasteiger partial charge in [-0.05, 0) is 19.3 Å². The Labute approximate surface area is 523 Å². The summed E-state index contributed by atoms with van der Waals surface area (Å²) in [7, 11) is 2.60. The number of carboxylic acid groups (broad SMARTS) is 3. The topological polar surface area (TPSA) is 311 Å². The summed E-state index contributed by atoms with van der Waals surface area (Å²) < 4.78 is 19.3. The van der Waals surface area contributed by atoms with Crippen molar-refractivity contribution in [1.29, 1.82) is 0 Å². The Morgan fingerprint density at radius 2 is 0.442 bits per heavy atom. The normalized spacial score (nSPS) is 21.6. The molecule has 86 heavy (non-hydrogen) atoms. The number of carbonyl (C=O) groups is 3. The molecule has 18 heteroatoms. The Morgan fingerprint density at radius 1 is 0.279 bits per heavy atom. The quantitative estimate of drug-likeness (QED) is 0.0252. The molecule has 0 bridgehead atoms. The molecule has 0 aromatic heterocycles. The van der Waals surface area contributed by atoms with Gasteiger partial charge >= 0.3 is 17.9 Å². The summed E-state index contributed by atoms with van der Waals surface area (Å²) in [6, 6.07) is 0. The minimum Gasteiger partial charge on any atom is -0.481 e. The van der Waals surface area contributed by atoms with Crippen LogP contribution in [0.4, 0.5) is 0 Å². The molecule has 11 N–H and O–H groups in total. The van der Waals surface area contributed by atoms with E-state index in [2.05, 4.69) is 20.8 Å². The summed E-state index contributed by atoms with van der Waals surface area (Å²) in [5, 5.41) is 98.7. The van der Waals surface area contributed by atoms with Gasteiger partial charge in [-0.3, -0.25) is 14.4 Å². The molecule has 2 aliphatic heterocycles. The zero-order valence-corrected chi connectivity index (χ0v) is 55.4. The van der Waals surface area contributed by atoms with Crippen LogP contribution in [0, 0.1) is 0 Å². The number of aliphatic hydroxyl groups is 8. The van der Waals surface area contributed by atoms with Gasteiger partial charge in [0.25, 0.3) is 0 Å². The first-order valence-electron chi connectivity index (χ1n) is 34.9. The minimum absolute atomic E-state index is 0.345. The zero-order valence-electron chi connectivity index (χ0n) is 55.4. The van der Waals surface area contributed by atoms with Crippen LogP contribution in [0.3, 0.4) is 0 Å². The summed E-state index contributed by atoms with van der Waals surface area (Å²) in [6.07, 6.45) is 48.8. The van der Waals surface area contributed by atoms with E-state index in [1.807, 2.05) is 0 Å². The number of aliphatic hydroxyl groups excluding tert-OH is 8. The van der Waals surface area contributed by atoms with Gasteiger partial charge in [-0.15, -0.1) is 0 Å². The third kappa shape index (κ3) is 57.1. The van der Waals surface area contributed by atoms with Crippen LogP contribution in [-0.4, -0.2) is 163 Å². The molecule has 0 aromatic rings. The molecule has 0 saturated carbocycles. The van der Waals surface area contributed by atoms with E-state index in [9.17, 15) is 45.0 Å². The molecule has 516 valence electrons. The van der Waals surface area contributed by atoms with Crippen molar-refractivity contribution in [1.82, 2.24) is 0 Å². The molecule has 18 nitrogen and oxygen atoms in total. The van der Waals surface area contributed by atoms with E-state index in [0.717, 1.165) is 38.5 Å². The van der Waals surface area contributed by atoms with E-state index in [0.29, 0.717) is 19.3 Å². The standard InChI is InChI=1S/3C18H36O2.2C7H14O6/c3*1-2-3-4-5-6-7-8-9-10-11-12-13-14-15-16-17-18(19)20;2*1-12-7-6(11)5(10)4(9)3(2-8)13-7/h3*2-17H2,1H3,(H,19,20);2*3-11H,2H2,1H3/t;;;2*3-,4-,5+,6-,7?/m...11/s1. The van der Waals surface area contributed by atoms with Gasteiger partial charge in [0.05, 0.1) is 13.2 Å². The Hall–Kier alpha value is -2.07. The van der Waals surface area contributed by atoms with Crippen molar-refractivity contribution in [3.8, 4) is 0 Å². The molecule has 2 rings (SSSR count). The van der Waals surface area contributed by atoms with Crippen LogP contribution >= 0.6 is 0 Å². The molecular formula is C68H136O18. The fourth-order valence-electron chi connectivity index (χ4n) is 10.5. The van der Waals surface area contributed by atoms with Gasteiger partial charge in [0.15, 0.2) is 12.6 Å². The first-order valence-corrected chi connectivity index (χ1v) is 34.9. The largest absolute Gasteiger partial charge is 0.481 e. The molecule has 0 amide bonds. The number of ether oxygens (including phenoxy) is 4. The second-order valence-electron chi connectivity index (χ2n) is 24.1. The predicted octanol–water partition coefficient (Wildman–Crippen LogP) is 13.9. The molecule has 0 aliphatic carbocycles. The fraction of sp³-hybridized carbons (Fsp3) is 0.956. The lowest BCUT2D eigenvalue weighted by Gasteiger charge is -2.38.